The van der Waals surface area contributed by atoms with E-state index in [0.29, 0.717) is 21.8 Å². The minimum atomic E-state index is -0.378. The van der Waals surface area contributed by atoms with E-state index >= 15 is 0 Å². The van der Waals surface area contributed by atoms with Crippen LogP contribution in [0.15, 0.2) is 72.4 Å². The Kier molecular flexibility index (Phi) is 5.18. The Balaban J connectivity index is 1.83. The maximum Gasteiger partial charge on any atom is 0.282 e. The van der Waals surface area contributed by atoms with E-state index in [1.165, 1.54) is 4.90 Å². The lowest BCUT2D eigenvalue weighted by atomic mass is 10.0. The zero-order valence-corrected chi connectivity index (χ0v) is 17.7. The summed E-state index contributed by atoms with van der Waals surface area (Å²) in [5, 5.41) is 3.81. The van der Waals surface area contributed by atoms with Gasteiger partial charge in [-0.3, -0.25) is 9.59 Å². The highest BCUT2D eigenvalue weighted by Crippen LogP contribution is 2.35. The van der Waals surface area contributed by atoms with Crippen LogP contribution in [0.1, 0.15) is 22.3 Å². The normalized spacial score (nSPS) is 13.9. The number of hydrogen-bond acceptors (Lipinski definition) is 3. The SMILES string of the molecule is Cc1ccc(N2C(=O)C(Nc3ccc(Cl)cc3C)=C(c3ccccc3)C2=O)cc1C. The molecule has 1 aliphatic heterocycles. The molecule has 0 aromatic heterocycles. The summed E-state index contributed by atoms with van der Waals surface area (Å²) in [6, 6.07) is 20.2. The maximum atomic E-state index is 13.4. The highest BCUT2D eigenvalue weighted by molar-refractivity contribution is 6.46. The van der Waals surface area contributed by atoms with Crippen molar-refractivity contribution in [2.75, 3.05) is 10.2 Å². The molecule has 0 atom stereocenters. The van der Waals surface area contributed by atoms with Crippen LogP contribution in [0.4, 0.5) is 11.4 Å². The molecule has 0 saturated heterocycles. The highest BCUT2D eigenvalue weighted by atomic mass is 35.5. The minimum Gasteiger partial charge on any atom is -0.350 e. The van der Waals surface area contributed by atoms with E-state index in [-0.39, 0.29) is 17.5 Å². The molecule has 0 spiro atoms. The summed E-state index contributed by atoms with van der Waals surface area (Å²) >= 11 is 6.07. The number of carbonyl (C=O) groups is 2. The number of halogens is 1. The molecule has 0 unspecified atom stereocenters. The number of aryl methyl sites for hydroxylation is 3. The fourth-order valence-electron chi connectivity index (χ4n) is 3.52. The minimum absolute atomic E-state index is 0.259. The number of amides is 2. The molecule has 0 aliphatic carbocycles. The van der Waals surface area contributed by atoms with Gasteiger partial charge in [0.25, 0.3) is 11.8 Å². The van der Waals surface area contributed by atoms with Gasteiger partial charge in [0.15, 0.2) is 0 Å². The lowest BCUT2D eigenvalue weighted by Crippen LogP contribution is -2.32. The quantitative estimate of drug-likeness (QED) is 0.558. The van der Waals surface area contributed by atoms with Gasteiger partial charge in [-0.05, 0) is 73.4 Å². The summed E-state index contributed by atoms with van der Waals surface area (Å²) in [6.45, 7) is 5.86. The molecule has 5 heteroatoms. The van der Waals surface area contributed by atoms with E-state index in [1.54, 1.807) is 12.1 Å². The molecular weight excluding hydrogens is 396 g/mol. The molecule has 4 nitrogen and oxygen atoms in total. The van der Waals surface area contributed by atoms with Crippen LogP contribution in [0.5, 0.6) is 0 Å². The molecule has 1 N–H and O–H groups in total. The summed E-state index contributed by atoms with van der Waals surface area (Å²) in [7, 11) is 0. The molecule has 0 bridgehead atoms. The van der Waals surface area contributed by atoms with Crippen LogP contribution in [0.2, 0.25) is 5.02 Å². The number of hydrogen-bond donors (Lipinski definition) is 1. The number of imide groups is 1. The lowest BCUT2D eigenvalue weighted by molar-refractivity contribution is -0.120. The van der Waals surface area contributed by atoms with Crippen molar-refractivity contribution in [1.29, 1.82) is 0 Å². The molecule has 1 heterocycles. The summed E-state index contributed by atoms with van der Waals surface area (Å²) in [5.74, 6) is -0.722. The third-order valence-electron chi connectivity index (χ3n) is 5.34. The van der Waals surface area contributed by atoms with Crippen LogP contribution in [-0.2, 0) is 9.59 Å². The Morgan fingerprint density at radius 3 is 2.17 bits per heavy atom. The molecule has 4 rings (SSSR count). The molecule has 0 saturated carbocycles. The Hall–Kier alpha value is -3.37. The second-order valence-corrected chi connectivity index (χ2v) is 7.85. The molecule has 150 valence electrons. The molecule has 1 aliphatic rings. The van der Waals surface area contributed by atoms with Crippen LogP contribution >= 0.6 is 11.6 Å². The third-order valence-corrected chi connectivity index (χ3v) is 5.58. The topological polar surface area (TPSA) is 49.4 Å². The lowest BCUT2D eigenvalue weighted by Gasteiger charge is -2.17. The van der Waals surface area contributed by atoms with Gasteiger partial charge in [0.1, 0.15) is 5.70 Å². The van der Waals surface area contributed by atoms with Gasteiger partial charge in [0.2, 0.25) is 0 Å². The smallest absolute Gasteiger partial charge is 0.282 e. The number of nitrogens with one attached hydrogen (secondary N) is 1. The fourth-order valence-corrected chi connectivity index (χ4v) is 3.75. The molecule has 30 heavy (non-hydrogen) atoms. The first-order valence-corrected chi connectivity index (χ1v) is 10.0. The van der Waals surface area contributed by atoms with E-state index in [1.807, 2.05) is 75.4 Å². The number of nitrogens with zero attached hydrogens (tertiary/aromatic N) is 1. The first-order valence-electron chi connectivity index (χ1n) is 9.65. The number of benzene rings is 3. The van der Waals surface area contributed by atoms with Crippen molar-refractivity contribution in [2.24, 2.45) is 0 Å². The molecule has 3 aromatic rings. The van der Waals surface area contributed by atoms with Gasteiger partial charge in [-0.2, -0.15) is 0 Å². The van der Waals surface area contributed by atoms with E-state index in [9.17, 15) is 9.59 Å². The Labute approximate surface area is 180 Å². The Morgan fingerprint density at radius 1 is 0.767 bits per heavy atom. The van der Waals surface area contributed by atoms with Gasteiger partial charge in [-0.15, -0.1) is 0 Å². The van der Waals surface area contributed by atoms with Crippen molar-refractivity contribution in [3.63, 3.8) is 0 Å². The zero-order valence-electron chi connectivity index (χ0n) is 17.0. The summed E-state index contributed by atoms with van der Waals surface area (Å²) in [5.41, 5.74) is 5.59. The number of anilines is 2. The predicted octanol–water partition coefficient (Wildman–Crippen LogP) is 5.66. The van der Waals surface area contributed by atoms with Crippen LogP contribution < -0.4 is 10.2 Å². The summed E-state index contributed by atoms with van der Waals surface area (Å²) in [4.78, 5) is 28.1. The maximum absolute atomic E-state index is 13.4. The van der Waals surface area contributed by atoms with E-state index in [4.69, 9.17) is 11.6 Å². The molecule has 2 amide bonds. The van der Waals surface area contributed by atoms with Crippen LogP contribution in [0.25, 0.3) is 5.57 Å². The number of rotatable bonds is 4. The first-order chi connectivity index (χ1) is 14.4. The first kappa shape index (κ1) is 19.9. The van der Waals surface area contributed by atoms with Gasteiger partial charge >= 0.3 is 0 Å². The largest absolute Gasteiger partial charge is 0.350 e. The number of carbonyl (C=O) groups excluding carboxylic acids is 2. The van der Waals surface area contributed by atoms with Gasteiger partial charge in [-0.1, -0.05) is 48.0 Å². The van der Waals surface area contributed by atoms with Crippen molar-refractivity contribution in [3.05, 3.63) is 99.7 Å². The molecule has 0 radical (unpaired) electrons. The van der Waals surface area contributed by atoms with Crippen LogP contribution in [0.3, 0.4) is 0 Å². The van der Waals surface area contributed by atoms with Crippen molar-refractivity contribution in [2.45, 2.75) is 20.8 Å². The Bertz CT molecular complexity index is 1200. The van der Waals surface area contributed by atoms with Crippen molar-refractivity contribution in [3.8, 4) is 0 Å². The molecular formula is C25H21ClN2O2. The van der Waals surface area contributed by atoms with E-state index in [2.05, 4.69) is 5.32 Å². The zero-order chi connectivity index (χ0) is 21.4. The van der Waals surface area contributed by atoms with Gasteiger partial charge in [0, 0.05) is 10.7 Å². The molecule has 3 aromatic carbocycles. The second kappa shape index (κ2) is 7.81. The van der Waals surface area contributed by atoms with E-state index in [0.717, 1.165) is 22.4 Å². The monoisotopic (exact) mass is 416 g/mol. The van der Waals surface area contributed by atoms with Gasteiger partial charge < -0.3 is 5.32 Å². The fraction of sp³-hybridized carbons (Fsp3) is 0.120. The van der Waals surface area contributed by atoms with E-state index < -0.39 is 0 Å². The second-order valence-electron chi connectivity index (χ2n) is 7.41. The van der Waals surface area contributed by atoms with Crippen LogP contribution in [-0.4, -0.2) is 11.8 Å². The molecule has 0 fully saturated rings. The van der Waals surface area contributed by atoms with Gasteiger partial charge in [0.05, 0.1) is 11.3 Å². The van der Waals surface area contributed by atoms with Crippen molar-refractivity contribution >= 4 is 40.4 Å². The standard InChI is InChI=1S/C25H21ClN2O2/c1-15-9-11-20(14-16(15)2)28-24(29)22(18-7-5-4-6-8-18)23(25(28)30)27-21-12-10-19(26)13-17(21)3/h4-14,27H,1-3H3. The van der Waals surface area contributed by atoms with Gasteiger partial charge in [-0.25, -0.2) is 4.90 Å². The average Bonchev–Trinajstić information content (AvgIpc) is 2.96. The summed E-state index contributed by atoms with van der Waals surface area (Å²) in [6.07, 6.45) is 0. The summed E-state index contributed by atoms with van der Waals surface area (Å²) < 4.78 is 0. The predicted molar refractivity (Wildman–Crippen MR) is 122 cm³/mol. The highest BCUT2D eigenvalue weighted by Gasteiger charge is 2.40. The van der Waals surface area contributed by atoms with Crippen molar-refractivity contribution < 1.29 is 9.59 Å². The van der Waals surface area contributed by atoms with Crippen LogP contribution in [0, 0.1) is 20.8 Å². The van der Waals surface area contributed by atoms with Crippen molar-refractivity contribution in [1.82, 2.24) is 0 Å². The third kappa shape index (κ3) is 3.51. The Morgan fingerprint density at radius 2 is 1.50 bits per heavy atom. The average molecular weight is 417 g/mol.